The van der Waals surface area contributed by atoms with Crippen LogP contribution in [0.3, 0.4) is 0 Å². The first kappa shape index (κ1) is 20.4. The van der Waals surface area contributed by atoms with Gasteiger partial charge in [-0.3, -0.25) is 4.90 Å². The van der Waals surface area contributed by atoms with Crippen LogP contribution in [0.15, 0.2) is 54.2 Å². The Bertz CT molecular complexity index is 1270. The van der Waals surface area contributed by atoms with Crippen molar-refractivity contribution >= 4 is 16.9 Å². The van der Waals surface area contributed by atoms with Crippen molar-refractivity contribution in [2.75, 3.05) is 6.54 Å². The molecule has 2 aliphatic rings. The molecule has 0 spiro atoms. The van der Waals surface area contributed by atoms with Crippen molar-refractivity contribution < 1.29 is 9.53 Å². The van der Waals surface area contributed by atoms with Gasteiger partial charge in [0.25, 0.3) is 0 Å². The van der Waals surface area contributed by atoms with Gasteiger partial charge in [0.15, 0.2) is 0 Å². The van der Waals surface area contributed by atoms with Crippen molar-refractivity contribution in [3.05, 3.63) is 65.6 Å². The number of aromatic nitrogens is 2. The summed E-state index contributed by atoms with van der Waals surface area (Å²) in [4.78, 5) is 22.8. The molecule has 1 N–H and O–H groups in total. The van der Waals surface area contributed by atoms with E-state index in [0.717, 1.165) is 33.4 Å². The SMILES string of the molecule is C#Cc1ccc2cc(-c3cnc(C4C=C(C5CC5)CN4C(=O)OC(C)(C)C)[nH]3)ccc2c1. The molecule has 5 heteroatoms. The maximum atomic E-state index is 12.9. The molecule has 0 bridgehead atoms. The molecule has 1 saturated carbocycles. The van der Waals surface area contributed by atoms with E-state index in [2.05, 4.69) is 40.2 Å². The normalized spacial score (nSPS) is 18.5. The third-order valence-corrected chi connectivity index (χ3v) is 5.98. The summed E-state index contributed by atoms with van der Waals surface area (Å²) in [6.07, 6.45) is 11.6. The van der Waals surface area contributed by atoms with Gasteiger partial charge < -0.3 is 9.72 Å². The zero-order valence-corrected chi connectivity index (χ0v) is 18.7. The van der Waals surface area contributed by atoms with Gasteiger partial charge in [0.2, 0.25) is 0 Å². The Morgan fingerprint density at radius 2 is 1.94 bits per heavy atom. The molecule has 1 amide bonds. The second-order valence-corrected chi connectivity index (χ2v) is 9.67. The molecule has 1 fully saturated rings. The fraction of sp³-hybridized carbons (Fsp3) is 0.333. The van der Waals surface area contributed by atoms with E-state index in [1.807, 2.05) is 45.2 Å². The number of aromatic amines is 1. The van der Waals surface area contributed by atoms with Crippen molar-refractivity contribution in [3.8, 4) is 23.6 Å². The lowest BCUT2D eigenvalue weighted by Crippen LogP contribution is -2.37. The van der Waals surface area contributed by atoms with Crippen LogP contribution in [-0.4, -0.2) is 33.1 Å². The van der Waals surface area contributed by atoms with Crippen LogP contribution in [0.1, 0.15) is 51.0 Å². The summed E-state index contributed by atoms with van der Waals surface area (Å²) in [6, 6.07) is 12.0. The summed E-state index contributed by atoms with van der Waals surface area (Å²) in [6.45, 7) is 6.28. The maximum absolute atomic E-state index is 12.9. The van der Waals surface area contributed by atoms with Crippen LogP contribution in [0.25, 0.3) is 22.0 Å². The summed E-state index contributed by atoms with van der Waals surface area (Å²) in [7, 11) is 0. The lowest BCUT2D eigenvalue weighted by atomic mass is 10.0. The molecule has 2 heterocycles. The van der Waals surface area contributed by atoms with Crippen LogP contribution in [0.4, 0.5) is 4.79 Å². The third kappa shape index (κ3) is 4.01. The molecule has 0 radical (unpaired) electrons. The van der Waals surface area contributed by atoms with E-state index in [9.17, 15) is 4.79 Å². The van der Waals surface area contributed by atoms with E-state index in [0.29, 0.717) is 12.5 Å². The lowest BCUT2D eigenvalue weighted by molar-refractivity contribution is 0.0231. The molecule has 1 atom stereocenters. The number of ether oxygens (including phenoxy) is 1. The molecule has 5 rings (SSSR count). The molecular weight excluding hydrogens is 398 g/mol. The minimum atomic E-state index is -0.539. The zero-order chi connectivity index (χ0) is 22.5. The highest BCUT2D eigenvalue weighted by atomic mass is 16.6. The van der Waals surface area contributed by atoms with E-state index < -0.39 is 5.60 Å². The van der Waals surface area contributed by atoms with Crippen LogP contribution in [0, 0.1) is 18.3 Å². The van der Waals surface area contributed by atoms with Crippen LogP contribution in [0.2, 0.25) is 0 Å². The molecule has 1 aliphatic heterocycles. The molecule has 32 heavy (non-hydrogen) atoms. The number of rotatable bonds is 3. The highest BCUT2D eigenvalue weighted by Gasteiger charge is 2.39. The average Bonchev–Trinajstić information content (AvgIpc) is 3.32. The summed E-state index contributed by atoms with van der Waals surface area (Å²) >= 11 is 0. The molecule has 1 unspecified atom stereocenters. The molecule has 3 aromatic rings. The van der Waals surface area contributed by atoms with E-state index in [-0.39, 0.29) is 12.1 Å². The Morgan fingerprint density at radius 1 is 1.19 bits per heavy atom. The predicted octanol–water partition coefficient (Wildman–Crippen LogP) is 5.84. The van der Waals surface area contributed by atoms with Gasteiger partial charge in [0, 0.05) is 17.7 Å². The Balaban J connectivity index is 1.44. The number of carbonyl (C=O) groups is 1. The molecule has 1 aliphatic carbocycles. The molecule has 0 saturated heterocycles. The number of nitrogens with zero attached hydrogens (tertiary/aromatic N) is 2. The van der Waals surface area contributed by atoms with Crippen molar-refractivity contribution in [1.82, 2.24) is 14.9 Å². The van der Waals surface area contributed by atoms with Crippen molar-refractivity contribution in [3.63, 3.8) is 0 Å². The van der Waals surface area contributed by atoms with Crippen LogP contribution >= 0.6 is 0 Å². The number of benzene rings is 2. The summed E-state index contributed by atoms with van der Waals surface area (Å²) in [5.41, 5.74) is 3.60. The van der Waals surface area contributed by atoms with Crippen LogP contribution in [0.5, 0.6) is 0 Å². The minimum absolute atomic E-state index is 0.243. The van der Waals surface area contributed by atoms with Gasteiger partial charge in [-0.15, -0.1) is 6.42 Å². The maximum Gasteiger partial charge on any atom is 0.411 e. The van der Waals surface area contributed by atoms with Gasteiger partial charge in [-0.2, -0.15) is 0 Å². The Morgan fingerprint density at radius 3 is 2.66 bits per heavy atom. The van der Waals surface area contributed by atoms with Gasteiger partial charge in [-0.25, -0.2) is 9.78 Å². The highest BCUT2D eigenvalue weighted by molar-refractivity contribution is 5.87. The number of imidazole rings is 1. The number of terminal acetylenes is 1. The predicted molar refractivity (Wildman–Crippen MR) is 126 cm³/mol. The Labute approximate surface area is 188 Å². The standard InChI is InChI=1S/C27H27N3O2/c1-5-17-6-7-20-13-21(11-10-19(20)12-17)23-15-28-25(29-23)24-14-22(18-8-9-18)16-30(24)26(31)32-27(2,3)4/h1,6-7,10-15,18,24H,8-9,16H2,2-4H3,(H,28,29). The number of fused-ring (bicyclic) bond motifs is 1. The van der Waals surface area contributed by atoms with E-state index in [1.165, 1.54) is 18.4 Å². The molecule has 5 nitrogen and oxygen atoms in total. The Hall–Kier alpha value is -3.52. The molecule has 162 valence electrons. The fourth-order valence-corrected chi connectivity index (χ4v) is 4.22. The van der Waals surface area contributed by atoms with E-state index in [4.69, 9.17) is 11.2 Å². The lowest BCUT2D eigenvalue weighted by Gasteiger charge is -2.28. The first-order valence-electron chi connectivity index (χ1n) is 11.1. The van der Waals surface area contributed by atoms with Gasteiger partial charge in [0.05, 0.1) is 11.9 Å². The van der Waals surface area contributed by atoms with Crippen molar-refractivity contribution in [2.24, 2.45) is 5.92 Å². The average molecular weight is 426 g/mol. The van der Waals surface area contributed by atoms with Crippen molar-refractivity contribution in [1.29, 1.82) is 0 Å². The largest absolute Gasteiger partial charge is 0.444 e. The van der Waals surface area contributed by atoms with Gasteiger partial charge in [-0.1, -0.05) is 30.2 Å². The highest BCUT2D eigenvalue weighted by Crippen LogP contribution is 2.43. The first-order chi connectivity index (χ1) is 15.3. The molecular formula is C27H27N3O2. The topological polar surface area (TPSA) is 58.2 Å². The van der Waals surface area contributed by atoms with E-state index in [1.54, 1.807) is 4.90 Å². The second-order valence-electron chi connectivity index (χ2n) is 9.67. The second kappa shape index (κ2) is 7.56. The number of hydrogen-bond acceptors (Lipinski definition) is 3. The fourth-order valence-electron chi connectivity index (χ4n) is 4.22. The quantitative estimate of drug-likeness (QED) is 0.424. The Kier molecular flexibility index (Phi) is 4.82. The number of amides is 1. The number of nitrogens with one attached hydrogen (secondary N) is 1. The van der Waals surface area contributed by atoms with Crippen LogP contribution < -0.4 is 0 Å². The minimum Gasteiger partial charge on any atom is -0.444 e. The molecule has 2 aromatic carbocycles. The van der Waals surface area contributed by atoms with Crippen molar-refractivity contribution in [2.45, 2.75) is 45.3 Å². The van der Waals surface area contributed by atoms with Gasteiger partial charge in [-0.05, 0) is 74.1 Å². The van der Waals surface area contributed by atoms with E-state index >= 15 is 0 Å². The smallest absolute Gasteiger partial charge is 0.411 e. The van der Waals surface area contributed by atoms with Crippen LogP contribution in [-0.2, 0) is 4.74 Å². The van der Waals surface area contributed by atoms with Gasteiger partial charge >= 0.3 is 6.09 Å². The monoisotopic (exact) mass is 425 g/mol. The summed E-state index contributed by atoms with van der Waals surface area (Å²) < 4.78 is 5.68. The summed E-state index contributed by atoms with van der Waals surface area (Å²) in [5.74, 6) is 4.02. The van der Waals surface area contributed by atoms with Gasteiger partial charge in [0.1, 0.15) is 17.5 Å². The first-order valence-corrected chi connectivity index (χ1v) is 11.1. The molecule has 1 aromatic heterocycles. The number of carbonyl (C=O) groups excluding carboxylic acids is 1. The number of hydrogen-bond donors (Lipinski definition) is 1. The number of H-pyrrole nitrogens is 1. The third-order valence-electron chi connectivity index (χ3n) is 5.98. The summed E-state index contributed by atoms with van der Waals surface area (Å²) in [5, 5.41) is 2.22. The zero-order valence-electron chi connectivity index (χ0n) is 18.7.